The van der Waals surface area contributed by atoms with Gasteiger partial charge in [0.1, 0.15) is 0 Å². The van der Waals surface area contributed by atoms with E-state index >= 15 is 0 Å². The number of hydrogen-bond donors (Lipinski definition) is 1. The van der Waals surface area contributed by atoms with E-state index in [1.807, 2.05) is 6.07 Å². The fourth-order valence-electron chi connectivity index (χ4n) is 4.79. The molecule has 0 aliphatic carbocycles. The second-order valence-electron chi connectivity index (χ2n) is 9.04. The van der Waals surface area contributed by atoms with Crippen LogP contribution in [-0.4, -0.2) is 31.4 Å². The molecule has 3 rings (SSSR count). The van der Waals surface area contributed by atoms with Crippen molar-refractivity contribution in [2.75, 3.05) is 30.4 Å². The van der Waals surface area contributed by atoms with Gasteiger partial charge in [0.15, 0.2) is 0 Å². The molecule has 2 aromatic rings. The van der Waals surface area contributed by atoms with Crippen molar-refractivity contribution in [3.05, 3.63) is 71.3 Å². The average Bonchev–Trinajstić information content (AvgIpc) is 2.87. The van der Waals surface area contributed by atoms with Crippen molar-refractivity contribution in [2.24, 2.45) is 0 Å². The van der Waals surface area contributed by atoms with Gasteiger partial charge in [-0.3, -0.25) is 4.79 Å². The highest BCUT2D eigenvalue weighted by Gasteiger charge is 2.19. The van der Waals surface area contributed by atoms with Crippen LogP contribution in [0.5, 0.6) is 0 Å². The molecule has 1 aliphatic heterocycles. The Morgan fingerprint density at radius 3 is 2.29 bits per heavy atom. The number of amides is 1. The lowest BCUT2D eigenvalue weighted by atomic mass is 10.0. The highest BCUT2D eigenvalue weighted by molar-refractivity contribution is 5.87. The van der Waals surface area contributed by atoms with E-state index in [-0.39, 0.29) is 0 Å². The van der Waals surface area contributed by atoms with Crippen molar-refractivity contribution in [3.63, 3.8) is 0 Å². The Morgan fingerprint density at radius 2 is 1.68 bits per heavy atom. The first-order valence-electron chi connectivity index (χ1n) is 13.0. The van der Waals surface area contributed by atoms with E-state index in [4.69, 9.17) is 0 Å². The summed E-state index contributed by atoms with van der Waals surface area (Å²) in [5, 5.41) is 2.94. The van der Waals surface area contributed by atoms with Crippen LogP contribution in [0.1, 0.15) is 76.0 Å². The van der Waals surface area contributed by atoms with Crippen LogP contribution in [0.3, 0.4) is 0 Å². The molecule has 1 heterocycles. The lowest BCUT2D eigenvalue weighted by Crippen LogP contribution is -2.28. The zero-order valence-electron chi connectivity index (χ0n) is 21.4. The first-order chi connectivity index (χ1) is 16.6. The van der Waals surface area contributed by atoms with Crippen molar-refractivity contribution in [1.82, 2.24) is 4.90 Å². The van der Waals surface area contributed by atoms with Gasteiger partial charge < -0.3 is 15.1 Å². The van der Waals surface area contributed by atoms with Gasteiger partial charge in [-0.05, 0) is 67.9 Å². The molecule has 0 atom stereocenters. The number of piperidine rings is 1. The van der Waals surface area contributed by atoms with Crippen LogP contribution in [0.2, 0.25) is 0 Å². The third-order valence-electron chi connectivity index (χ3n) is 6.52. The lowest BCUT2D eigenvalue weighted by molar-refractivity contribution is -0.105. The number of rotatable bonds is 11. The number of nitrogens with zero attached hydrogens (tertiary/aromatic N) is 2. The Kier molecular flexibility index (Phi) is 9.81. The summed E-state index contributed by atoms with van der Waals surface area (Å²) in [6, 6.07) is 15.3. The highest BCUT2D eigenvalue weighted by atomic mass is 16.1. The van der Waals surface area contributed by atoms with Gasteiger partial charge in [-0.1, -0.05) is 63.6 Å². The predicted octanol–water partition coefficient (Wildman–Crippen LogP) is 7.33. The van der Waals surface area contributed by atoms with E-state index < -0.39 is 0 Å². The molecule has 1 amide bonds. The second-order valence-corrected chi connectivity index (χ2v) is 9.04. The van der Waals surface area contributed by atoms with Gasteiger partial charge in [0.05, 0.1) is 0 Å². The van der Waals surface area contributed by atoms with E-state index in [1.54, 1.807) is 0 Å². The van der Waals surface area contributed by atoms with Crippen molar-refractivity contribution < 1.29 is 4.79 Å². The van der Waals surface area contributed by atoms with E-state index in [1.165, 1.54) is 41.8 Å². The maximum absolute atomic E-state index is 11.4. The third kappa shape index (κ3) is 6.31. The zero-order chi connectivity index (χ0) is 24.3. The normalized spacial score (nSPS) is 14.8. The summed E-state index contributed by atoms with van der Waals surface area (Å²) in [7, 11) is 2.14. The first kappa shape index (κ1) is 25.6. The molecule has 1 fully saturated rings. The molecule has 1 N–H and O–H groups in total. The average molecular weight is 460 g/mol. The number of likely N-dealkylation sites (tertiary alicyclic amines) is 1. The summed E-state index contributed by atoms with van der Waals surface area (Å²) >= 11 is 0. The van der Waals surface area contributed by atoms with E-state index in [0.717, 1.165) is 62.1 Å². The molecule has 2 aromatic carbocycles. The van der Waals surface area contributed by atoms with Crippen molar-refractivity contribution >= 4 is 29.2 Å². The molecule has 4 heteroatoms. The molecular weight excluding hydrogens is 418 g/mol. The standard InChI is InChI=1S/C30H41N3O/c1-5-11-24-14-16-25(17-15-24)29(12-6-2)32(4)26-18-19-28(31-23-34)27(22-26)30(13-7-3)33-20-9-8-10-21-33/h12-19,22-23H,5-11,20-21H2,1-4H3,(H,31,34)/b29-12+,30-13+. The Hall–Kier alpha value is -3.01. The van der Waals surface area contributed by atoms with Crippen LogP contribution in [0.25, 0.3) is 11.4 Å². The molecule has 1 saturated heterocycles. The molecule has 4 nitrogen and oxygen atoms in total. The molecule has 182 valence electrons. The number of hydrogen-bond acceptors (Lipinski definition) is 3. The maximum Gasteiger partial charge on any atom is 0.211 e. The van der Waals surface area contributed by atoms with Gasteiger partial charge in [0, 0.05) is 48.5 Å². The molecule has 1 aliphatic rings. The molecule has 0 saturated carbocycles. The molecule has 0 unspecified atom stereocenters. The van der Waals surface area contributed by atoms with E-state index in [0.29, 0.717) is 0 Å². The Morgan fingerprint density at radius 1 is 0.971 bits per heavy atom. The summed E-state index contributed by atoms with van der Waals surface area (Å²) in [5.41, 5.74) is 8.10. The Balaban J connectivity index is 2.01. The van der Waals surface area contributed by atoms with Gasteiger partial charge in [0.25, 0.3) is 0 Å². The number of nitrogens with one attached hydrogen (secondary N) is 1. The second kappa shape index (κ2) is 13.0. The topological polar surface area (TPSA) is 35.6 Å². The van der Waals surface area contributed by atoms with Crippen LogP contribution in [0, 0.1) is 0 Å². The first-order valence-corrected chi connectivity index (χ1v) is 13.0. The number of carbonyl (C=O) groups excluding carboxylic acids is 1. The molecule has 34 heavy (non-hydrogen) atoms. The minimum absolute atomic E-state index is 0.780. The highest BCUT2D eigenvalue weighted by Crippen LogP contribution is 2.35. The van der Waals surface area contributed by atoms with E-state index in [9.17, 15) is 4.79 Å². The number of carbonyl (C=O) groups is 1. The fraction of sp³-hybridized carbons (Fsp3) is 0.433. The summed E-state index contributed by atoms with van der Waals surface area (Å²) in [6.45, 7) is 8.71. The Labute approximate surface area is 206 Å². The largest absolute Gasteiger partial charge is 0.371 e. The van der Waals surface area contributed by atoms with Gasteiger partial charge in [-0.15, -0.1) is 0 Å². The van der Waals surface area contributed by atoms with Crippen molar-refractivity contribution in [3.8, 4) is 0 Å². The number of anilines is 2. The predicted molar refractivity (Wildman–Crippen MR) is 147 cm³/mol. The molecule has 0 spiro atoms. The van der Waals surface area contributed by atoms with Gasteiger partial charge in [0.2, 0.25) is 6.41 Å². The van der Waals surface area contributed by atoms with Crippen LogP contribution < -0.4 is 10.2 Å². The van der Waals surface area contributed by atoms with Crippen molar-refractivity contribution in [1.29, 1.82) is 0 Å². The van der Waals surface area contributed by atoms with Gasteiger partial charge >= 0.3 is 0 Å². The van der Waals surface area contributed by atoms with Gasteiger partial charge in [-0.25, -0.2) is 0 Å². The summed E-state index contributed by atoms with van der Waals surface area (Å²) in [4.78, 5) is 16.1. The molecular formula is C30H41N3O. The SMILES string of the molecule is CC/C=C(\c1cc(N(C)/C(=C/CC)c2ccc(CCC)cc2)ccc1NC=O)N1CCCCC1. The minimum atomic E-state index is 0.780. The third-order valence-corrected chi connectivity index (χ3v) is 6.52. The summed E-state index contributed by atoms with van der Waals surface area (Å²) in [5.74, 6) is 0. The number of aryl methyl sites for hydroxylation is 1. The molecule has 0 bridgehead atoms. The lowest BCUT2D eigenvalue weighted by Gasteiger charge is -2.33. The van der Waals surface area contributed by atoms with E-state index in [2.05, 4.69) is 91.5 Å². The zero-order valence-corrected chi connectivity index (χ0v) is 21.4. The van der Waals surface area contributed by atoms with Crippen molar-refractivity contribution in [2.45, 2.75) is 65.7 Å². The smallest absolute Gasteiger partial charge is 0.211 e. The maximum atomic E-state index is 11.4. The minimum Gasteiger partial charge on any atom is -0.371 e. The quantitative estimate of drug-likeness (QED) is 0.357. The molecule has 0 aromatic heterocycles. The molecule has 0 radical (unpaired) electrons. The fourth-order valence-corrected chi connectivity index (χ4v) is 4.79. The van der Waals surface area contributed by atoms with Crippen LogP contribution in [-0.2, 0) is 11.2 Å². The number of benzene rings is 2. The summed E-state index contributed by atoms with van der Waals surface area (Å²) < 4.78 is 0. The monoisotopic (exact) mass is 459 g/mol. The van der Waals surface area contributed by atoms with Crippen LogP contribution in [0.15, 0.2) is 54.6 Å². The summed E-state index contributed by atoms with van der Waals surface area (Å²) in [6.07, 6.45) is 13.3. The Bertz CT molecular complexity index is 985. The van der Waals surface area contributed by atoms with Crippen LogP contribution in [0.4, 0.5) is 11.4 Å². The van der Waals surface area contributed by atoms with Gasteiger partial charge in [-0.2, -0.15) is 0 Å². The number of allylic oxidation sites excluding steroid dienone is 2. The van der Waals surface area contributed by atoms with Crippen LogP contribution >= 0.6 is 0 Å².